The maximum absolute atomic E-state index is 10.8. The summed E-state index contributed by atoms with van der Waals surface area (Å²) in [5.41, 5.74) is 0.334. The molecule has 96 valence electrons. The molecular weight excluding hydrogens is 238 g/mol. The van der Waals surface area contributed by atoms with Crippen LogP contribution in [0.25, 0.3) is 0 Å². The van der Waals surface area contributed by atoms with Crippen molar-refractivity contribution in [3.05, 3.63) is 52.6 Å². The van der Waals surface area contributed by atoms with Gasteiger partial charge in [0.25, 0.3) is 5.69 Å². The van der Waals surface area contributed by atoms with Crippen molar-refractivity contribution in [3.63, 3.8) is 0 Å². The van der Waals surface area contributed by atoms with Crippen LogP contribution in [-0.4, -0.2) is 22.1 Å². The number of nitro benzene ring substituents is 1. The van der Waals surface area contributed by atoms with Crippen LogP contribution in [0.15, 0.2) is 36.9 Å². The van der Waals surface area contributed by atoms with E-state index in [1.54, 1.807) is 0 Å². The summed E-state index contributed by atoms with van der Waals surface area (Å²) in [5, 5.41) is 20.4. The van der Waals surface area contributed by atoms with E-state index in [0.29, 0.717) is 5.56 Å². The molecular formula is C12H13NO5. The van der Waals surface area contributed by atoms with E-state index >= 15 is 0 Å². The number of ether oxygens (including phenoxy) is 1. The van der Waals surface area contributed by atoms with Gasteiger partial charge < -0.3 is 9.84 Å². The summed E-state index contributed by atoms with van der Waals surface area (Å²) in [7, 11) is 0. The molecule has 2 atom stereocenters. The summed E-state index contributed by atoms with van der Waals surface area (Å²) in [6.45, 7) is 4.68. The van der Waals surface area contributed by atoms with Crippen LogP contribution < -0.4 is 0 Å². The van der Waals surface area contributed by atoms with Gasteiger partial charge in [-0.1, -0.05) is 6.58 Å². The normalized spacial score (nSPS) is 13.4. The molecule has 0 aliphatic heterocycles. The van der Waals surface area contributed by atoms with Crippen LogP contribution in [0.3, 0.4) is 0 Å². The second kappa shape index (κ2) is 5.92. The monoisotopic (exact) mass is 251 g/mol. The van der Waals surface area contributed by atoms with E-state index in [1.807, 2.05) is 0 Å². The zero-order chi connectivity index (χ0) is 13.7. The topological polar surface area (TPSA) is 89.7 Å². The van der Waals surface area contributed by atoms with E-state index in [1.165, 1.54) is 37.3 Å². The molecule has 0 aliphatic carbocycles. The van der Waals surface area contributed by atoms with Crippen molar-refractivity contribution in [2.45, 2.75) is 19.1 Å². The molecule has 0 aromatic heterocycles. The number of benzene rings is 1. The number of non-ortho nitro benzene ring substituents is 1. The van der Waals surface area contributed by atoms with Gasteiger partial charge >= 0.3 is 5.97 Å². The van der Waals surface area contributed by atoms with Crippen LogP contribution in [0.4, 0.5) is 5.69 Å². The third-order valence-electron chi connectivity index (χ3n) is 2.29. The average molecular weight is 251 g/mol. The Morgan fingerprint density at radius 1 is 1.50 bits per heavy atom. The van der Waals surface area contributed by atoms with Crippen molar-refractivity contribution in [2.75, 3.05) is 0 Å². The Hall–Kier alpha value is -2.21. The quantitative estimate of drug-likeness (QED) is 0.372. The number of rotatable bonds is 5. The first kappa shape index (κ1) is 13.9. The molecule has 1 rings (SSSR count). The maximum Gasteiger partial charge on any atom is 0.303 e. The van der Waals surface area contributed by atoms with E-state index < -0.39 is 23.1 Å². The molecule has 1 N–H and O–H groups in total. The number of nitro groups is 1. The van der Waals surface area contributed by atoms with Gasteiger partial charge in [-0.15, -0.1) is 0 Å². The SMILES string of the molecule is C=C[C@H](OC(C)=O)[C@H](O)c1ccc([N+](=O)[O-])cc1. The molecule has 0 amide bonds. The fourth-order valence-corrected chi connectivity index (χ4v) is 1.42. The molecule has 0 unspecified atom stereocenters. The first-order valence-electron chi connectivity index (χ1n) is 5.18. The number of nitrogens with zero attached hydrogens (tertiary/aromatic N) is 1. The third kappa shape index (κ3) is 3.39. The molecule has 6 nitrogen and oxygen atoms in total. The molecule has 0 saturated carbocycles. The lowest BCUT2D eigenvalue weighted by molar-refractivity contribution is -0.384. The van der Waals surface area contributed by atoms with Gasteiger partial charge in [0.2, 0.25) is 0 Å². The van der Waals surface area contributed by atoms with Crippen LogP contribution in [0, 0.1) is 10.1 Å². The lowest BCUT2D eigenvalue weighted by Crippen LogP contribution is -2.22. The Bertz CT molecular complexity index is 454. The van der Waals surface area contributed by atoms with Crippen molar-refractivity contribution in [1.29, 1.82) is 0 Å². The fraction of sp³-hybridized carbons (Fsp3) is 0.250. The van der Waals surface area contributed by atoms with Crippen molar-refractivity contribution < 1.29 is 19.6 Å². The van der Waals surface area contributed by atoms with Crippen molar-refractivity contribution in [3.8, 4) is 0 Å². The summed E-state index contributed by atoms with van der Waals surface area (Å²) in [6, 6.07) is 5.35. The van der Waals surface area contributed by atoms with Crippen LogP contribution in [0.5, 0.6) is 0 Å². The molecule has 0 heterocycles. The van der Waals surface area contributed by atoms with Gasteiger partial charge in [0, 0.05) is 19.1 Å². The first-order valence-corrected chi connectivity index (χ1v) is 5.18. The van der Waals surface area contributed by atoms with Crippen molar-refractivity contribution >= 4 is 11.7 Å². The fourth-order valence-electron chi connectivity index (χ4n) is 1.42. The summed E-state index contributed by atoms with van der Waals surface area (Å²) >= 11 is 0. The highest BCUT2D eigenvalue weighted by Gasteiger charge is 2.21. The van der Waals surface area contributed by atoms with Crippen LogP contribution in [0.1, 0.15) is 18.6 Å². The van der Waals surface area contributed by atoms with Gasteiger partial charge in [0.1, 0.15) is 12.2 Å². The number of esters is 1. The molecule has 18 heavy (non-hydrogen) atoms. The highest BCUT2D eigenvalue weighted by molar-refractivity contribution is 5.66. The predicted octanol–water partition coefficient (Wildman–Crippen LogP) is 1.75. The predicted molar refractivity (Wildman–Crippen MR) is 63.8 cm³/mol. The van der Waals surface area contributed by atoms with Crippen LogP contribution >= 0.6 is 0 Å². The summed E-state index contributed by atoms with van der Waals surface area (Å²) in [4.78, 5) is 20.8. The molecule has 1 aromatic rings. The Morgan fingerprint density at radius 2 is 2.06 bits per heavy atom. The minimum absolute atomic E-state index is 0.0754. The van der Waals surface area contributed by atoms with E-state index in [2.05, 4.69) is 6.58 Å². The van der Waals surface area contributed by atoms with Gasteiger partial charge in [-0.05, 0) is 23.8 Å². The van der Waals surface area contributed by atoms with Crippen LogP contribution in [0.2, 0.25) is 0 Å². The third-order valence-corrected chi connectivity index (χ3v) is 2.29. The van der Waals surface area contributed by atoms with Crippen LogP contribution in [-0.2, 0) is 9.53 Å². The summed E-state index contributed by atoms with van der Waals surface area (Å²) in [5.74, 6) is -0.541. The lowest BCUT2D eigenvalue weighted by Gasteiger charge is -2.19. The van der Waals surface area contributed by atoms with Gasteiger partial charge in [0.05, 0.1) is 4.92 Å². The lowest BCUT2D eigenvalue weighted by atomic mass is 10.0. The Balaban J connectivity index is 2.88. The first-order chi connectivity index (χ1) is 8.45. The molecule has 0 fully saturated rings. The Labute approximate surface area is 104 Å². The molecule has 0 bridgehead atoms. The van der Waals surface area contributed by atoms with Gasteiger partial charge in [-0.25, -0.2) is 0 Å². The molecule has 1 aromatic carbocycles. The maximum atomic E-state index is 10.8. The molecule has 0 spiro atoms. The summed E-state index contributed by atoms with van der Waals surface area (Å²) < 4.78 is 4.85. The molecule has 6 heteroatoms. The van der Waals surface area contributed by atoms with Gasteiger partial charge in [-0.2, -0.15) is 0 Å². The highest BCUT2D eigenvalue weighted by atomic mass is 16.6. The highest BCUT2D eigenvalue weighted by Crippen LogP contribution is 2.22. The number of carbonyl (C=O) groups excluding carboxylic acids is 1. The standard InChI is InChI=1S/C12H13NO5/c1-3-11(18-8(2)14)12(15)9-4-6-10(7-5-9)13(16)17/h3-7,11-12,15H,1H2,2H3/t11-,12+/m0/s1. The zero-order valence-corrected chi connectivity index (χ0v) is 9.78. The second-order valence-electron chi connectivity index (χ2n) is 3.60. The molecule has 0 saturated heterocycles. The number of hydrogen-bond acceptors (Lipinski definition) is 5. The number of aliphatic hydroxyl groups is 1. The average Bonchev–Trinajstić information content (AvgIpc) is 2.35. The largest absolute Gasteiger partial charge is 0.455 e. The minimum atomic E-state index is -1.10. The minimum Gasteiger partial charge on any atom is -0.455 e. The molecule has 0 radical (unpaired) electrons. The van der Waals surface area contributed by atoms with Crippen molar-refractivity contribution in [1.82, 2.24) is 0 Å². The zero-order valence-electron chi connectivity index (χ0n) is 9.78. The smallest absolute Gasteiger partial charge is 0.303 e. The van der Waals surface area contributed by atoms with E-state index in [0.717, 1.165) is 0 Å². The summed E-state index contributed by atoms with van der Waals surface area (Å²) in [6.07, 6.45) is -0.691. The van der Waals surface area contributed by atoms with E-state index in [-0.39, 0.29) is 5.69 Å². The number of aliphatic hydroxyl groups excluding tert-OH is 1. The number of hydrogen-bond donors (Lipinski definition) is 1. The Morgan fingerprint density at radius 3 is 2.44 bits per heavy atom. The van der Waals surface area contributed by atoms with Gasteiger partial charge in [-0.3, -0.25) is 14.9 Å². The second-order valence-corrected chi connectivity index (χ2v) is 3.60. The molecule has 0 aliphatic rings. The number of carbonyl (C=O) groups is 1. The Kier molecular flexibility index (Phi) is 4.56. The van der Waals surface area contributed by atoms with E-state index in [4.69, 9.17) is 4.74 Å². The van der Waals surface area contributed by atoms with Gasteiger partial charge in [0.15, 0.2) is 0 Å². The van der Waals surface area contributed by atoms with E-state index in [9.17, 15) is 20.0 Å². The van der Waals surface area contributed by atoms with Crippen molar-refractivity contribution in [2.24, 2.45) is 0 Å².